The quantitative estimate of drug-likeness (QED) is 0.800. The molecule has 0 N–H and O–H groups in total. The largest absolute Gasteiger partial charge is 0.355 e. The molecule has 18 heavy (non-hydrogen) atoms. The summed E-state index contributed by atoms with van der Waals surface area (Å²) in [6.45, 7) is 8.72. The lowest BCUT2D eigenvalue weighted by Gasteiger charge is -2.35. The molecule has 2 heterocycles. The van der Waals surface area contributed by atoms with Crippen LogP contribution in [0.5, 0.6) is 0 Å². The Labute approximate surface area is 111 Å². The molecule has 0 saturated heterocycles. The summed E-state index contributed by atoms with van der Waals surface area (Å²) in [6.07, 6.45) is 2.77. The van der Waals surface area contributed by atoms with Crippen LogP contribution in [0, 0.1) is 5.41 Å². The van der Waals surface area contributed by atoms with Crippen molar-refractivity contribution in [1.29, 1.82) is 0 Å². The van der Waals surface area contributed by atoms with Crippen LogP contribution in [-0.4, -0.2) is 28.8 Å². The smallest absolute Gasteiger partial charge is 0.196 e. The molecular formula is C13H19N3OS. The first-order valence-corrected chi connectivity index (χ1v) is 6.87. The first kappa shape index (κ1) is 13.1. The maximum absolute atomic E-state index is 11.3. The van der Waals surface area contributed by atoms with Gasteiger partial charge in [0.15, 0.2) is 17.1 Å². The van der Waals surface area contributed by atoms with Gasteiger partial charge in [0.1, 0.15) is 5.69 Å². The second kappa shape index (κ2) is 4.39. The highest BCUT2D eigenvalue weighted by atomic mass is 32.1. The van der Waals surface area contributed by atoms with Crippen LogP contribution in [0.25, 0.3) is 4.96 Å². The van der Waals surface area contributed by atoms with Crippen LogP contribution in [0.2, 0.25) is 0 Å². The third-order valence-corrected chi connectivity index (χ3v) is 4.32. The zero-order valence-corrected chi connectivity index (χ0v) is 12.3. The van der Waals surface area contributed by atoms with Crippen molar-refractivity contribution < 1.29 is 4.79 Å². The second-order valence-corrected chi connectivity index (χ2v) is 6.52. The van der Waals surface area contributed by atoms with Crippen molar-refractivity contribution >= 4 is 28.4 Å². The maximum atomic E-state index is 11.3. The summed E-state index contributed by atoms with van der Waals surface area (Å²) in [5.41, 5.74) is 0.760. The van der Waals surface area contributed by atoms with E-state index in [9.17, 15) is 4.79 Å². The summed E-state index contributed by atoms with van der Waals surface area (Å²) in [7, 11) is 2.00. The molecule has 98 valence electrons. The molecule has 5 heteroatoms. The summed E-state index contributed by atoms with van der Waals surface area (Å²) < 4.78 is 1.85. The van der Waals surface area contributed by atoms with Gasteiger partial charge in [-0.3, -0.25) is 9.20 Å². The van der Waals surface area contributed by atoms with E-state index in [-0.39, 0.29) is 5.41 Å². The van der Waals surface area contributed by atoms with Crippen molar-refractivity contribution in [2.45, 2.75) is 33.7 Å². The molecule has 2 aromatic rings. The van der Waals surface area contributed by atoms with Crippen LogP contribution in [-0.2, 0) is 0 Å². The number of aldehydes is 1. The fourth-order valence-electron chi connectivity index (χ4n) is 1.93. The van der Waals surface area contributed by atoms with Crippen molar-refractivity contribution in [1.82, 2.24) is 9.38 Å². The molecular weight excluding hydrogens is 246 g/mol. The zero-order valence-electron chi connectivity index (χ0n) is 11.5. The van der Waals surface area contributed by atoms with E-state index in [2.05, 4.69) is 37.6 Å². The standard InChI is InChI=1S/C13H19N3OS/c1-9(13(2,3)4)15(5)11-10(8-17)16-6-7-18-12(16)14-11/h6-9H,1-5H3. The summed E-state index contributed by atoms with van der Waals surface area (Å²) in [5.74, 6) is 0.763. The molecule has 0 saturated carbocycles. The maximum Gasteiger partial charge on any atom is 0.196 e. The molecule has 0 radical (unpaired) electrons. The van der Waals surface area contributed by atoms with Gasteiger partial charge in [0.05, 0.1) is 0 Å². The molecule has 1 unspecified atom stereocenters. The monoisotopic (exact) mass is 265 g/mol. The molecule has 2 aromatic heterocycles. The number of rotatable bonds is 3. The average molecular weight is 265 g/mol. The van der Waals surface area contributed by atoms with Crippen molar-refractivity contribution in [2.24, 2.45) is 5.41 Å². The Morgan fingerprint density at radius 2 is 2.17 bits per heavy atom. The molecule has 0 bridgehead atoms. The summed E-state index contributed by atoms with van der Waals surface area (Å²) >= 11 is 1.54. The van der Waals surface area contributed by atoms with E-state index in [1.54, 1.807) is 11.3 Å². The van der Waals surface area contributed by atoms with Crippen molar-refractivity contribution in [3.05, 3.63) is 17.3 Å². The van der Waals surface area contributed by atoms with E-state index in [1.807, 2.05) is 23.0 Å². The second-order valence-electron chi connectivity index (χ2n) is 5.65. The van der Waals surface area contributed by atoms with Gasteiger partial charge in [0.25, 0.3) is 0 Å². The number of hydrogen-bond donors (Lipinski definition) is 0. The molecule has 4 nitrogen and oxygen atoms in total. The number of carbonyl (C=O) groups excluding carboxylic acids is 1. The van der Waals surface area contributed by atoms with Gasteiger partial charge in [-0.15, -0.1) is 11.3 Å². The Morgan fingerprint density at radius 3 is 2.72 bits per heavy atom. The lowest BCUT2D eigenvalue weighted by atomic mass is 9.87. The summed E-state index contributed by atoms with van der Waals surface area (Å²) in [6, 6.07) is 0.292. The summed E-state index contributed by atoms with van der Waals surface area (Å²) in [5, 5.41) is 1.94. The molecule has 0 aliphatic heterocycles. The first-order chi connectivity index (χ1) is 8.36. The third-order valence-electron chi connectivity index (χ3n) is 3.56. The fourth-order valence-corrected chi connectivity index (χ4v) is 2.64. The molecule has 2 rings (SSSR count). The van der Waals surface area contributed by atoms with E-state index in [0.29, 0.717) is 11.7 Å². The van der Waals surface area contributed by atoms with Gasteiger partial charge < -0.3 is 4.90 Å². The van der Waals surface area contributed by atoms with E-state index in [0.717, 1.165) is 17.1 Å². The van der Waals surface area contributed by atoms with Gasteiger partial charge in [0.2, 0.25) is 0 Å². The highest BCUT2D eigenvalue weighted by Crippen LogP contribution is 2.29. The van der Waals surface area contributed by atoms with Gasteiger partial charge in [-0.05, 0) is 12.3 Å². The van der Waals surface area contributed by atoms with E-state index in [1.165, 1.54) is 0 Å². The SMILES string of the molecule is CC(N(C)c1nc2sccn2c1C=O)C(C)(C)C. The minimum absolute atomic E-state index is 0.131. The lowest BCUT2D eigenvalue weighted by molar-refractivity contribution is 0.111. The Bertz CT molecular complexity index is 564. The van der Waals surface area contributed by atoms with E-state index < -0.39 is 0 Å². The number of anilines is 1. The van der Waals surface area contributed by atoms with Crippen molar-refractivity contribution in [3.8, 4) is 0 Å². The van der Waals surface area contributed by atoms with Gasteiger partial charge in [-0.1, -0.05) is 20.8 Å². The third kappa shape index (κ3) is 2.03. The van der Waals surface area contributed by atoms with Gasteiger partial charge in [-0.2, -0.15) is 0 Å². The van der Waals surface area contributed by atoms with Crippen molar-refractivity contribution in [3.63, 3.8) is 0 Å². The Morgan fingerprint density at radius 1 is 1.50 bits per heavy atom. The van der Waals surface area contributed by atoms with Gasteiger partial charge in [-0.25, -0.2) is 4.98 Å². The van der Waals surface area contributed by atoms with Crippen molar-refractivity contribution in [2.75, 3.05) is 11.9 Å². The Balaban J connectivity index is 2.47. The normalized spacial score (nSPS) is 13.8. The number of nitrogens with zero attached hydrogens (tertiary/aromatic N) is 3. The number of hydrogen-bond acceptors (Lipinski definition) is 4. The fraction of sp³-hybridized carbons (Fsp3) is 0.538. The Hall–Kier alpha value is -1.36. The molecule has 0 aliphatic carbocycles. The summed E-state index contributed by atoms with van der Waals surface area (Å²) in [4.78, 5) is 18.8. The van der Waals surface area contributed by atoms with Gasteiger partial charge in [0, 0.05) is 24.7 Å². The predicted octanol–water partition coefficient (Wildman–Crippen LogP) is 3.08. The molecule has 0 spiro atoms. The van der Waals surface area contributed by atoms with E-state index >= 15 is 0 Å². The lowest BCUT2D eigenvalue weighted by Crippen LogP contribution is -2.40. The van der Waals surface area contributed by atoms with Crippen LogP contribution in [0.15, 0.2) is 11.6 Å². The van der Waals surface area contributed by atoms with Crippen LogP contribution in [0.1, 0.15) is 38.2 Å². The molecule has 0 aliphatic rings. The molecule has 0 fully saturated rings. The topological polar surface area (TPSA) is 37.6 Å². The average Bonchev–Trinajstić information content (AvgIpc) is 2.84. The highest BCUT2D eigenvalue weighted by molar-refractivity contribution is 7.15. The molecule has 0 amide bonds. The predicted molar refractivity (Wildman–Crippen MR) is 75.8 cm³/mol. The van der Waals surface area contributed by atoms with Crippen LogP contribution < -0.4 is 4.90 Å². The van der Waals surface area contributed by atoms with Crippen LogP contribution in [0.3, 0.4) is 0 Å². The molecule has 1 atom stereocenters. The minimum Gasteiger partial charge on any atom is -0.355 e. The Kier molecular flexibility index (Phi) is 3.19. The first-order valence-electron chi connectivity index (χ1n) is 6.00. The van der Waals surface area contributed by atoms with E-state index in [4.69, 9.17) is 0 Å². The number of aromatic nitrogens is 2. The number of thiazole rings is 1. The number of carbonyl (C=O) groups is 1. The zero-order chi connectivity index (χ0) is 13.5. The van der Waals surface area contributed by atoms with Crippen LogP contribution >= 0.6 is 11.3 Å². The van der Waals surface area contributed by atoms with Crippen LogP contribution in [0.4, 0.5) is 5.82 Å². The number of fused-ring (bicyclic) bond motifs is 1. The number of imidazole rings is 1. The highest BCUT2D eigenvalue weighted by Gasteiger charge is 2.27. The van der Waals surface area contributed by atoms with Gasteiger partial charge >= 0.3 is 0 Å². The minimum atomic E-state index is 0.131. The molecule has 0 aromatic carbocycles.